The van der Waals surface area contributed by atoms with Crippen LogP contribution < -0.4 is 0 Å². The fourth-order valence-electron chi connectivity index (χ4n) is 1.69. The van der Waals surface area contributed by atoms with Gasteiger partial charge in [-0.05, 0) is 0 Å². The Morgan fingerprint density at radius 3 is 1.53 bits per heavy atom. The van der Waals surface area contributed by atoms with Gasteiger partial charge in [0.1, 0.15) is 0 Å². The molecule has 0 aromatic rings. The molecule has 0 N–H and O–H groups in total. The van der Waals surface area contributed by atoms with Crippen LogP contribution in [-0.2, 0) is 10.2 Å². The molecular weight excluding hydrogens is 279 g/mol. The maximum atomic E-state index is 2.52. The first-order chi connectivity index (χ1) is 5.00. The molecule has 1 rings (SSSR count). The predicted molar refractivity (Wildman–Crippen MR) is 80.1 cm³/mol. The quantitative estimate of drug-likeness (QED) is 0.610. The van der Waals surface area contributed by atoms with Gasteiger partial charge in [0.2, 0.25) is 0 Å². The van der Waals surface area contributed by atoms with E-state index in [2.05, 4.69) is 57.2 Å². The Bertz CT molecular complexity index is 454. The molecule has 0 bridgehead atoms. The van der Waals surface area contributed by atoms with E-state index in [1.807, 2.05) is 0 Å². The normalized spacial score (nSPS) is 25.6. The summed E-state index contributed by atoms with van der Waals surface area (Å²) in [6, 6.07) is 0. The van der Waals surface area contributed by atoms with Gasteiger partial charge in [0.15, 0.2) is 0 Å². The van der Waals surface area contributed by atoms with Gasteiger partial charge in [0.25, 0.3) is 0 Å². The fourth-order valence-corrected chi connectivity index (χ4v) is 6.99. The molecule has 0 aromatic carbocycles. The second-order valence-electron chi connectivity index (χ2n) is 12.6. The molecule has 15 heavy (non-hydrogen) atoms. The Labute approximate surface area is 102 Å². The third kappa shape index (κ3) is 5.23. The molecule has 0 saturated heterocycles. The van der Waals surface area contributed by atoms with E-state index in [4.69, 9.17) is 0 Å². The predicted octanol–water partition coefficient (Wildman–Crippen LogP) is 4.81. The van der Waals surface area contributed by atoms with Crippen LogP contribution in [0.2, 0.25) is 31.4 Å². The van der Waals surface area contributed by atoms with Crippen LogP contribution in [0.25, 0.3) is 0 Å². The van der Waals surface area contributed by atoms with Gasteiger partial charge in [0.05, 0.1) is 0 Å². The average Bonchev–Trinajstić information content (AvgIpc) is 1.97. The van der Waals surface area contributed by atoms with E-state index in [1.54, 1.807) is 3.88 Å². The summed E-state index contributed by atoms with van der Waals surface area (Å²) in [6.07, 6.45) is 7.97. The summed E-state index contributed by atoms with van der Waals surface area (Å²) in [7, 11) is -1.43. The molecule has 0 nitrogen and oxygen atoms in total. The van der Waals surface area contributed by atoms with E-state index >= 15 is 0 Å². The van der Waals surface area contributed by atoms with Crippen molar-refractivity contribution < 1.29 is 10.2 Å². The summed E-state index contributed by atoms with van der Waals surface area (Å²) in [5, 5.41) is 15.1. The van der Waals surface area contributed by atoms with Crippen LogP contribution in [0.4, 0.5) is 0 Å². The third-order valence-electron chi connectivity index (χ3n) is 2.93. The summed E-state index contributed by atoms with van der Waals surface area (Å²) in [4.78, 5) is 0. The minimum absolute atomic E-state index is 0. The first-order valence-electron chi connectivity index (χ1n) is 5.32. The van der Waals surface area contributed by atoms with Crippen molar-refractivity contribution in [2.24, 2.45) is 0 Å². The van der Waals surface area contributed by atoms with E-state index in [0.29, 0.717) is 0 Å². The minimum atomic E-state index is -3.69. The second kappa shape index (κ2) is 2.27. The standard InChI is InChI=1S/C5H5.6CH3.2ClH.H2Si.Ti/c1-2-4-5-3-1;;;;;;;;;;/h1-3H,4H2;6*1H3;2*1H;1H2;. The van der Waals surface area contributed by atoms with Crippen LogP contribution in [0.5, 0.6) is 0 Å². The van der Waals surface area contributed by atoms with Crippen molar-refractivity contribution in [1.29, 1.82) is 0 Å². The Hall–Kier alpha value is 0.991. The molecule has 93 valence electrons. The molecule has 0 aromatic heterocycles. The monoisotopic (exact) mass is 305 g/mol. The zero-order valence-corrected chi connectivity index (χ0v) is 15.6. The molecule has 1 aliphatic rings. The number of rotatable bonds is 1. The molecular formula is C11H27Cl2SiTi. The fraction of sp³-hybridized carbons (Fsp3) is 0.636. The van der Waals surface area contributed by atoms with E-state index < -0.39 is 10.2 Å². The van der Waals surface area contributed by atoms with Gasteiger partial charge in [-0.3, -0.25) is 0 Å². The summed E-state index contributed by atoms with van der Waals surface area (Å²) >= 11 is 0. The van der Waals surface area contributed by atoms with Crippen molar-refractivity contribution in [3.63, 3.8) is 0 Å². The van der Waals surface area contributed by atoms with Crippen molar-refractivity contribution in [1.82, 2.24) is 0 Å². The zero-order chi connectivity index (χ0) is 10.8. The van der Waals surface area contributed by atoms with Gasteiger partial charge in [-0.2, -0.15) is 0 Å². The van der Waals surface area contributed by atoms with Gasteiger partial charge in [0, 0.05) is 0 Å². The summed E-state index contributed by atoms with van der Waals surface area (Å²) in [5.41, 5.74) is 0. The topological polar surface area (TPSA) is 0 Å². The summed E-state index contributed by atoms with van der Waals surface area (Å²) < 4.78 is 1.66. The van der Waals surface area contributed by atoms with E-state index in [-0.39, 0.29) is 24.8 Å². The van der Waals surface area contributed by atoms with Crippen LogP contribution in [0.3, 0.4) is 0 Å². The van der Waals surface area contributed by atoms with Gasteiger partial charge in [-0.1, -0.05) is 0 Å². The molecule has 1 aliphatic carbocycles. The first-order valence-corrected chi connectivity index (χ1v) is 19.5. The number of hydrogen-bond donors (Lipinski definition) is 0. The molecule has 0 fully saturated rings. The SMILES string of the molecule is Cl.Cl.[CH3][Ti]([CH3])([CH3])([CH3])([CH3])([CH3])(=[SiH2])[C]1=CC=CC1. The number of hydrogen-bond acceptors (Lipinski definition) is 0. The molecule has 0 spiro atoms. The van der Waals surface area contributed by atoms with Crippen molar-refractivity contribution >= 4 is 32.4 Å². The average molecular weight is 306 g/mol. The van der Waals surface area contributed by atoms with Crippen molar-refractivity contribution in [3.05, 3.63) is 22.1 Å². The third-order valence-corrected chi connectivity index (χ3v) is 12.1. The molecule has 0 unspecified atom stereocenters. The summed E-state index contributed by atoms with van der Waals surface area (Å²) in [6.45, 7) is 0. The van der Waals surface area contributed by atoms with Crippen LogP contribution >= 0.6 is 24.8 Å². The van der Waals surface area contributed by atoms with E-state index in [1.165, 1.54) is 0 Å². The van der Waals surface area contributed by atoms with E-state index in [9.17, 15) is 0 Å². The first kappa shape index (κ1) is 18.4. The van der Waals surface area contributed by atoms with Crippen LogP contribution in [-0.4, -0.2) is 7.63 Å². The Balaban J connectivity index is 0. The zero-order valence-electron chi connectivity index (χ0n) is 11.0. The van der Waals surface area contributed by atoms with Crippen molar-refractivity contribution in [3.8, 4) is 0 Å². The molecule has 0 heterocycles. The van der Waals surface area contributed by atoms with Gasteiger partial charge in [-0.15, -0.1) is 24.8 Å². The summed E-state index contributed by atoms with van der Waals surface area (Å²) in [5.74, 6) is 0. The van der Waals surface area contributed by atoms with Crippen LogP contribution in [0.15, 0.2) is 22.1 Å². The van der Waals surface area contributed by atoms with Gasteiger partial charge in [-0.25, -0.2) is 0 Å². The molecule has 4 heteroatoms. The number of halogens is 2. The molecule has 0 aliphatic heterocycles. The Kier molecular flexibility index (Phi) is 2.77. The van der Waals surface area contributed by atoms with Crippen molar-refractivity contribution in [2.45, 2.75) is 37.8 Å². The van der Waals surface area contributed by atoms with Gasteiger partial charge >= 0.3 is 77.7 Å². The molecule has 0 amide bonds. The van der Waals surface area contributed by atoms with Crippen LogP contribution in [0, 0.1) is 0 Å². The molecule has 0 radical (unpaired) electrons. The molecule has 0 saturated carbocycles. The molecule has 0 atom stereocenters. The van der Waals surface area contributed by atoms with E-state index in [0.717, 1.165) is 6.42 Å². The Morgan fingerprint density at radius 2 is 1.40 bits per heavy atom. The maximum absolute atomic E-state index is 3.69. The van der Waals surface area contributed by atoms with Crippen LogP contribution in [0.1, 0.15) is 6.42 Å². The Morgan fingerprint density at radius 1 is 1.00 bits per heavy atom. The number of allylic oxidation sites excluding steroid dienone is 4. The van der Waals surface area contributed by atoms with Gasteiger partial charge < -0.3 is 0 Å². The van der Waals surface area contributed by atoms with Crippen molar-refractivity contribution in [2.75, 3.05) is 0 Å². The second-order valence-corrected chi connectivity index (χ2v) is 67.9.